The first-order valence-corrected chi connectivity index (χ1v) is 9.94. The first kappa shape index (κ1) is 19.3. The maximum atomic E-state index is 12.1. The lowest BCUT2D eigenvalue weighted by molar-refractivity contribution is -0.115. The number of halogens is 1. The number of carbonyl (C=O) groups excluding carboxylic acids is 1. The molecule has 3 aromatic rings. The molecule has 0 aliphatic carbocycles. The van der Waals surface area contributed by atoms with E-state index in [9.17, 15) is 4.79 Å². The van der Waals surface area contributed by atoms with Crippen LogP contribution in [0, 0.1) is 0 Å². The van der Waals surface area contributed by atoms with Crippen molar-refractivity contribution in [1.29, 1.82) is 0 Å². The molecule has 140 valence electrons. The SMILES string of the molecule is O=C(CCSc1ccc(Cl)cc1)Nc1cccc(OCCn2cccn2)c1. The molecule has 0 atom stereocenters. The van der Waals surface area contributed by atoms with Gasteiger partial charge in [-0.3, -0.25) is 9.48 Å². The molecular weight excluding hydrogens is 382 g/mol. The Kier molecular flexibility index (Phi) is 7.19. The van der Waals surface area contributed by atoms with Crippen LogP contribution in [0.15, 0.2) is 71.9 Å². The summed E-state index contributed by atoms with van der Waals surface area (Å²) < 4.78 is 7.53. The fraction of sp³-hybridized carbons (Fsp3) is 0.200. The number of hydrogen-bond donors (Lipinski definition) is 1. The summed E-state index contributed by atoms with van der Waals surface area (Å²) >= 11 is 7.50. The van der Waals surface area contributed by atoms with Crippen molar-refractivity contribution in [3.05, 3.63) is 72.0 Å². The highest BCUT2D eigenvalue weighted by atomic mass is 35.5. The summed E-state index contributed by atoms with van der Waals surface area (Å²) in [5, 5.41) is 7.75. The lowest BCUT2D eigenvalue weighted by Gasteiger charge is -2.09. The van der Waals surface area contributed by atoms with Crippen LogP contribution >= 0.6 is 23.4 Å². The van der Waals surface area contributed by atoms with Crippen molar-refractivity contribution >= 4 is 35.0 Å². The Bertz CT molecular complexity index is 854. The second-order valence-corrected chi connectivity index (χ2v) is 7.35. The van der Waals surface area contributed by atoms with E-state index in [1.165, 1.54) is 0 Å². The molecule has 1 heterocycles. The number of carbonyl (C=O) groups is 1. The van der Waals surface area contributed by atoms with Gasteiger partial charge in [0.2, 0.25) is 5.91 Å². The van der Waals surface area contributed by atoms with Crippen molar-refractivity contribution in [3.63, 3.8) is 0 Å². The smallest absolute Gasteiger partial charge is 0.225 e. The Morgan fingerprint density at radius 3 is 2.81 bits per heavy atom. The van der Waals surface area contributed by atoms with Crippen molar-refractivity contribution in [2.75, 3.05) is 17.7 Å². The molecule has 0 unspecified atom stereocenters. The van der Waals surface area contributed by atoms with Gasteiger partial charge in [-0.15, -0.1) is 11.8 Å². The van der Waals surface area contributed by atoms with Crippen molar-refractivity contribution < 1.29 is 9.53 Å². The van der Waals surface area contributed by atoms with Crippen LogP contribution < -0.4 is 10.1 Å². The first-order valence-electron chi connectivity index (χ1n) is 8.57. The number of hydrogen-bond acceptors (Lipinski definition) is 4. The molecule has 0 saturated carbocycles. The van der Waals surface area contributed by atoms with E-state index in [1.807, 2.05) is 65.5 Å². The average molecular weight is 402 g/mol. The normalized spacial score (nSPS) is 10.6. The minimum absolute atomic E-state index is 0.0230. The van der Waals surface area contributed by atoms with Gasteiger partial charge >= 0.3 is 0 Å². The molecule has 0 aliphatic heterocycles. The summed E-state index contributed by atoms with van der Waals surface area (Å²) in [7, 11) is 0. The lowest BCUT2D eigenvalue weighted by Crippen LogP contribution is -2.12. The number of ether oxygens (including phenoxy) is 1. The third-order valence-electron chi connectivity index (χ3n) is 3.68. The van der Waals surface area contributed by atoms with Gasteiger partial charge in [-0.2, -0.15) is 5.10 Å². The van der Waals surface area contributed by atoms with Crippen LogP contribution in [0.25, 0.3) is 0 Å². The van der Waals surface area contributed by atoms with E-state index >= 15 is 0 Å². The summed E-state index contributed by atoms with van der Waals surface area (Å²) in [6, 6.07) is 16.9. The first-order chi connectivity index (χ1) is 13.2. The molecule has 1 N–H and O–H groups in total. The number of anilines is 1. The second-order valence-electron chi connectivity index (χ2n) is 5.75. The van der Waals surface area contributed by atoms with E-state index in [0.717, 1.165) is 16.3 Å². The van der Waals surface area contributed by atoms with Crippen molar-refractivity contribution in [2.24, 2.45) is 0 Å². The van der Waals surface area contributed by atoms with Crippen LogP contribution in [0.5, 0.6) is 5.75 Å². The van der Waals surface area contributed by atoms with E-state index in [0.29, 0.717) is 30.3 Å². The van der Waals surface area contributed by atoms with E-state index < -0.39 is 0 Å². The predicted molar refractivity (Wildman–Crippen MR) is 110 cm³/mol. The number of rotatable bonds is 9. The van der Waals surface area contributed by atoms with Gasteiger partial charge in [0, 0.05) is 46.2 Å². The van der Waals surface area contributed by atoms with Gasteiger partial charge in [0.25, 0.3) is 0 Å². The third-order valence-corrected chi connectivity index (χ3v) is 4.94. The third kappa shape index (κ3) is 6.66. The molecule has 0 aliphatic rings. The highest BCUT2D eigenvalue weighted by molar-refractivity contribution is 7.99. The average Bonchev–Trinajstić information content (AvgIpc) is 3.17. The van der Waals surface area contributed by atoms with Crippen molar-refractivity contribution in [3.8, 4) is 5.75 Å². The number of thioether (sulfide) groups is 1. The quantitative estimate of drug-likeness (QED) is 0.526. The molecule has 2 aromatic carbocycles. The summed E-state index contributed by atoms with van der Waals surface area (Å²) in [4.78, 5) is 13.2. The van der Waals surface area contributed by atoms with Crippen LogP contribution in [0.4, 0.5) is 5.69 Å². The van der Waals surface area contributed by atoms with Gasteiger partial charge in [-0.25, -0.2) is 0 Å². The molecule has 1 aromatic heterocycles. The Labute approximate surface area is 167 Å². The Morgan fingerprint density at radius 1 is 1.19 bits per heavy atom. The van der Waals surface area contributed by atoms with Gasteiger partial charge in [0.15, 0.2) is 0 Å². The zero-order chi connectivity index (χ0) is 18.9. The number of aromatic nitrogens is 2. The van der Waals surface area contributed by atoms with E-state index in [2.05, 4.69) is 10.4 Å². The number of amides is 1. The zero-order valence-corrected chi connectivity index (χ0v) is 16.2. The van der Waals surface area contributed by atoms with Gasteiger partial charge in [0.1, 0.15) is 12.4 Å². The zero-order valence-electron chi connectivity index (χ0n) is 14.7. The molecule has 0 spiro atoms. The largest absolute Gasteiger partial charge is 0.492 e. The molecule has 5 nitrogen and oxygen atoms in total. The number of nitrogens with one attached hydrogen (secondary N) is 1. The van der Waals surface area contributed by atoms with Crippen LogP contribution in [0.3, 0.4) is 0 Å². The highest BCUT2D eigenvalue weighted by Crippen LogP contribution is 2.22. The fourth-order valence-corrected chi connectivity index (χ4v) is 3.35. The summed E-state index contributed by atoms with van der Waals surface area (Å²) in [5.74, 6) is 1.40. The molecule has 7 heteroatoms. The van der Waals surface area contributed by atoms with Crippen LogP contribution in [-0.4, -0.2) is 28.0 Å². The minimum Gasteiger partial charge on any atom is -0.492 e. The Morgan fingerprint density at radius 2 is 2.04 bits per heavy atom. The van der Waals surface area contributed by atoms with E-state index in [-0.39, 0.29) is 5.91 Å². The van der Waals surface area contributed by atoms with Gasteiger partial charge in [-0.1, -0.05) is 17.7 Å². The highest BCUT2D eigenvalue weighted by Gasteiger charge is 2.05. The van der Waals surface area contributed by atoms with E-state index in [1.54, 1.807) is 18.0 Å². The topological polar surface area (TPSA) is 56.1 Å². The van der Waals surface area contributed by atoms with Gasteiger partial charge < -0.3 is 10.1 Å². The second kappa shape index (κ2) is 10.0. The summed E-state index contributed by atoms with van der Waals surface area (Å²) in [5.41, 5.74) is 0.730. The molecule has 0 fully saturated rings. The predicted octanol–water partition coefficient (Wildman–Crippen LogP) is 4.74. The van der Waals surface area contributed by atoms with Crippen molar-refractivity contribution in [1.82, 2.24) is 9.78 Å². The van der Waals surface area contributed by atoms with Crippen molar-refractivity contribution in [2.45, 2.75) is 17.9 Å². The van der Waals surface area contributed by atoms with Gasteiger partial charge in [0.05, 0.1) is 6.54 Å². The maximum absolute atomic E-state index is 12.1. The molecule has 0 bridgehead atoms. The molecule has 27 heavy (non-hydrogen) atoms. The fourth-order valence-electron chi connectivity index (χ4n) is 2.37. The standard InChI is InChI=1S/C20H20ClN3O2S/c21-16-5-7-19(8-6-16)27-14-9-20(25)23-17-3-1-4-18(15-17)26-13-12-24-11-2-10-22-24/h1-8,10-11,15H,9,12-14H2,(H,23,25). The number of nitrogens with zero attached hydrogens (tertiary/aromatic N) is 2. The van der Waals surface area contributed by atoms with Gasteiger partial charge in [-0.05, 0) is 42.5 Å². The summed E-state index contributed by atoms with van der Waals surface area (Å²) in [6.45, 7) is 1.18. The summed E-state index contributed by atoms with van der Waals surface area (Å²) in [6.07, 6.45) is 4.06. The monoisotopic (exact) mass is 401 g/mol. The van der Waals surface area contributed by atoms with Crippen LogP contribution in [0.2, 0.25) is 5.02 Å². The van der Waals surface area contributed by atoms with E-state index in [4.69, 9.17) is 16.3 Å². The molecular formula is C20H20ClN3O2S. The molecule has 1 amide bonds. The number of benzene rings is 2. The minimum atomic E-state index is -0.0230. The Balaban J connectivity index is 1.41. The maximum Gasteiger partial charge on any atom is 0.225 e. The van der Waals surface area contributed by atoms with Crippen LogP contribution in [0.1, 0.15) is 6.42 Å². The molecule has 0 radical (unpaired) electrons. The Hall–Kier alpha value is -2.44. The van der Waals surface area contributed by atoms with Crippen LogP contribution in [-0.2, 0) is 11.3 Å². The molecule has 3 rings (SSSR count). The molecule has 0 saturated heterocycles. The lowest BCUT2D eigenvalue weighted by atomic mass is 10.3.